The third-order valence-electron chi connectivity index (χ3n) is 7.93. The molecule has 2 aromatic carbocycles. The lowest BCUT2D eigenvalue weighted by molar-refractivity contribution is -0.134. The number of nitrogens with zero attached hydrogens (tertiary/aromatic N) is 3. The number of benzene rings is 2. The van der Waals surface area contributed by atoms with Crippen molar-refractivity contribution in [3.05, 3.63) is 54.7 Å². The van der Waals surface area contributed by atoms with Crippen LogP contribution in [-0.4, -0.2) is 66.1 Å². The number of rotatable bonds is 9. The van der Waals surface area contributed by atoms with Crippen molar-refractivity contribution in [2.45, 2.75) is 51.0 Å². The molecule has 1 aliphatic carbocycles. The molecule has 1 saturated carbocycles. The van der Waals surface area contributed by atoms with Crippen LogP contribution in [0, 0.1) is 5.92 Å². The van der Waals surface area contributed by atoms with Crippen LogP contribution in [-0.2, 0) is 4.79 Å². The summed E-state index contributed by atoms with van der Waals surface area (Å²) in [6, 6.07) is 16.6. The Morgan fingerprint density at radius 1 is 0.946 bits per heavy atom. The lowest BCUT2D eigenvalue weighted by Crippen LogP contribution is -2.42. The number of fused-ring (bicyclic) bond motifs is 1. The molecule has 1 amide bonds. The van der Waals surface area contributed by atoms with Crippen LogP contribution in [0.15, 0.2) is 54.7 Å². The maximum absolute atomic E-state index is 12.3. The number of ether oxygens (including phenoxy) is 2. The molecule has 3 fully saturated rings. The van der Waals surface area contributed by atoms with Crippen LogP contribution in [0.25, 0.3) is 22.0 Å². The fourth-order valence-electron chi connectivity index (χ4n) is 5.61. The second-order valence-corrected chi connectivity index (χ2v) is 10.7. The van der Waals surface area contributed by atoms with Crippen LogP contribution in [0.2, 0.25) is 0 Å². The molecular formula is C31H37N3O3. The fourth-order valence-corrected chi connectivity index (χ4v) is 5.61. The van der Waals surface area contributed by atoms with Gasteiger partial charge in [0.15, 0.2) is 0 Å². The smallest absolute Gasteiger partial charge is 0.225 e. The number of hydrogen-bond acceptors (Lipinski definition) is 5. The third kappa shape index (κ3) is 5.90. The number of piperidine rings is 1. The van der Waals surface area contributed by atoms with Gasteiger partial charge in [-0.25, -0.2) is 0 Å². The topological polar surface area (TPSA) is 54.9 Å². The van der Waals surface area contributed by atoms with Crippen molar-refractivity contribution in [2.24, 2.45) is 5.92 Å². The van der Waals surface area contributed by atoms with E-state index in [0.717, 1.165) is 85.3 Å². The Bertz CT molecular complexity index is 1210. The molecule has 6 nitrogen and oxygen atoms in total. The van der Waals surface area contributed by atoms with Gasteiger partial charge in [-0.3, -0.25) is 9.78 Å². The second-order valence-electron chi connectivity index (χ2n) is 10.7. The van der Waals surface area contributed by atoms with Crippen LogP contribution in [0.1, 0.15) is 44.9 Å². The van der Waals surface area contributed by atoms with Crippen molar-refractivity contribution in [3.63, 3.8) is 0 Å². The Labute approximate surface area is 219 Å². The average molecular weight is 500 g/mol. The van der Waals surface area contributed by atoms with E-state index in [2.05, 4.69) is 52.3 Å². The largest absolute Gasteiger partial charge is 0.493 e. The maximum Gasteiger partial charge on any atom is 0.225 e. The molecule has 0 unspecified atom stereocenters. The number of carbonyl (C=O) groups excluding carboxylic acids is 1. The van der Waals surface area contributed by atoms with E-state index in [-0.39, 0.29) is 6.10 Å². The molecule has 2 aliphatic heterocycles. The summed E-state index contributed by atoms with van der Waals surface area (Å²) in [6.45, 7) is 5.86. The number of carbonyl (C=O) groups is 1. The number of pyridine rings is 1. The summed E-state index contributed by atoms with van der Waals surface area (Å²) in [5, 5.41) is 1.09. The fraction of sp³-hybridized carbons (Fsp3) is 0.484. The molecule has 3 heterocycles. The van der Waals surface area contributed by atoms with E-state index in [9.17, 15) is 4.79 Å². The number of likely N-dealkylation sites (tertiary alicyclic amines) is 2. The summed E-state index contributed by atoms with van der Waals surface area (Å²) >= 11 is 0. The molecule has 0 spiro atoms. The summed E-state index contributed by atoms with van der Waals surface area (Å²) in [6.07, 6.45) is 9.60. The zero-order valence-electron chi connectivity index (χ0n) is 21.6. The van der Waals surface area contributed by atoms with Gasteiger partial charge < -0.3 is 19.3 Å². The highest BCUT2D eigenvalue weighted by Crippen LogP contribution is 2.35. The van der Waals surface area contributed by atoms with E-state index in [4.69, 9.17) is 9.47 Å². The van der Waals surface area contributed by atoms with Crippen LogP contribution in [0.5, 0.6) is 11.5 Å². The summed E-state index contributed by atoms with van der Waals surface area (Å²) in [7, 11) is 0. The molecule has 194 valence electrons. The van der Waals surface area contributed by atoms with Gasteiger partial charge in [0.25, 0.3) is 0 Å². The van der Waals surface area contributed by atoms with E-state index in [1.165, 1.54) is 25.9 Å². The van der Waals surface area contributed by atoms with E-state index < -0.39 is 0 Å². The highest BCUT2D eigenvalue weighted by atomic mass is 16.5. The van der Waals surface area contributed by atoms with E-state index in [0.29, 0.717) is 18.4 Å². The third-order valence-corrected chi connectivity index (χ3v) is 7.93. The van der Waals surface area contributed by atoms with Gasteiger partial charge in [-0.15, -0.1) is 0 Å². The zero-order chi connectivity index (χ0) is 25.0. The molecule has 2 saturated heterocycles. The van der Waals surface area contributed by atoms with E-state index in [1.807, 2.05) is 17.2 Å². The molecule has 1 aromatic heterocycles. The lowest BCUT2D eigenvalue weighted by atomic mass is 10.0. The van der Waals surface area contributed by atoms with Crippen molar-refractivity contribution in [3.8, 4) is 22.6 Å². The van der Waals surface area contributed by atoms with Crippen LogP contribution in [0.3, 0.4) is 0 Å². The Morgan fingerprint density at radius 3 is 2.49 bits per heavy atom. The minimum Gasteiger partial charge on any atom is -0.493 e. The van der Waals surface area contributed by atoms with Crippen molar-refractivity contribution in [2.75, 3.05) is 39.3 Å². The first-order chi connectivity index (χ1) is 18.2. The highest BCUT2D eigenvalue weighted by molar-refractivity contribution is 5.88. The van der Waals surface area contributed by atoms with Gasteiger partial charge in [-0.2, -0.15) is 0 Å². The first kappa shape index (κ1) is 24.2. The maximum atomic E-state index is 12.3. The van der Waals surface area contributed by atoms with Gasteiger partial charge in [0.1, 0.15) is 17.6 Å². The summed E-state index contributed by atoms with van der Waals surface area (Å²) in [5.74, 6) is 2.43. The molecule has 0 N–H and O–H groups in total. The molecule has 3 aliphatic rings. The zero-order valence-corrected chi connectivity index (χ0v) is 21.6. The second kappa shape index (κ2) is 11.1. The summed E-state index contributed by atoms with van der Waals surface area (Å²) < 4.78 is 12.6. The minimum atomic E-state index is 0.161. The van der Waals surface area contributed by atoms with Gasteiger partial charge in [0, 0.05) is 55.5 Å². The first-order valence-corrected chi connectivity index (χ1v) is 14.0. The van der Waals surface area contributed by atoms with Gasteiger partial charge >= 0.3 is 0 Å². The lowest BCUT2D eigenvalue weighted by Gasteiger charge is -2.32. The van der Waals surface area contributed by atoms with Gasteiger partial charge in [-0.1, -0.05) is 18.2 Å². The highest BCUT2D eigenvalue weighted by Gasteiger charge is 2.35. The predicted octanol–water partition coefficient (Wildman–Crippen LogP) is 5.55. The van der Waals surface area contributed by atoms with Crippen LogP contribution < -0.4 is 9.47 Å². The normalized spacial score (nSPS) is 18.9. The number of amides is 1. The monoisotopic (exact) mass is 499 g/mol. The molecular weight excluding hydrogens is 462 g/mol. The number of hydrogen-bond donors (Lipinski definition) is 0. The van der Waals surface area contributed by atoms with E-state index >= 15 is 0 Å². The summed E-state index contributed by atoms with van der Waals surface area (Å²) in [5.41, 5.74) is 3.12. The molecule has 3 aromatic rings. The molecule has 6 rings (SSSR count). The molecule has 0 atom stereocenters. The Hall–Kier alpha value is -3.12. The minimum absolute atomic E-state index is 0.161. The number of aromatic nitrogens is 1. The quantitative estimate of drug-likeness (QED) is 0.362. The standard InChI is InChI=1S/C31H37N3O3/c35-31(24-6-7-24)34-18-12-27(13-19-34)37-26-10-8-23(9-11-26)28-22-29-25(5-3-14-32-29)21-30(28)36-20-4-17-33-15-1-2-16-33/h3,5,8-11,14,21-22,24,27H,1-2,4,6-7,12-13,15-20H2. The summed E-state index contributed by atoms with van der Waals surface area (Å²) in [4.78, 5) is 21.4. The van der Waals surface area contributed by atoms with Crippen molar-refractivity contribution >= 4 is 16.8 Å². The van der Waals surface area contributed by atoms with Gasteiger partial charge in [0.05, 0.1) is 12.1 Å². The first-order valence-electron chi connectivity index (χ1n) is 14.0. The average Bonchev–Trinajstić information content (AvgIpc) is 3.66. The van der Waals surface area contributed by atoms with Crippen LogP contribution in [0.4, 0.5) is 0 Å². The SMILES string of the molecule is O=C(C1CC1)N1CCC(Oc2ccc(-c3cc4ncccc4cc3OCCCN3CCCC3)cc2)CC1. The molecule has 6 heteroatoms. The molecule has 0 radical (unpaired) electrons. The molecule has 0 bridgehead atoms. The van der Waals surface area contributed by atoms with Gasteiger partial charge in [-0.05, 0) is 81.1 Å². The van der Waals surface area contributed by atoms with Crippen LogP contribution >= 0.6 is 0 Å². The Kier molecular flexibility index (Phi) is 7.27. The van der Waals surface area contributed by atoms with Crippen molar-refractivity contribution < 1.29 is 14.3 Å². The van der Waals surface area contributed by atoms with Crippen molar-refractivity contribution in [1.82, 2.24) is 14.8 Å². The predicted molar refractivity (Wildman–Crippen MR) is 146 cm³/mol. The molecule has 37 heavy (non-hydrogen) atoms. The van der Waals surface area contributed by atoms with Crippen molar-refractivity contribution in [1.29, 1.82) is 0 Å². The Balaban J connectivity index is 1.11. The van der Waals surface area contributed by atoms with Gasteiger partial charge in [0.2, 0.25) is 5.91 Å². The van der Waals surface area contributed by atoms with E-state index in [1.54, 1.807) is 0 Å². The Morgan fingerprint density at radius 2 is 1.73 bits per heavy atom.